The lowest BCUT2D eigenvalue weighted by Crippen LogP contribution is -2.21. The summed E-state index contributed by atoms with van der Waals surface area (Å²) in [5.41, 5.74) is 0.595. The van der Waals surface area contributed by atoms with Gasteiger partial charge in [0.25, 0.3) is 0 Å². The molecule has 0 amide bonds. The Morgan fingerprint density at radius 1 is 1.90 bits per heavy atom. The fourth-order valence-corrected chi connectivity index (χ4v) is 1.33. The van der Waals surface area contributed by atoms with E-state index in [1.54, 1.807) is 13.0 Å². The normalized spacial score (nSPS) is 31.9. The van der Waals surface area contributed by atoms with Gasteiger partial charge in [0.05, 0.1) is 5.88 Å². The fraction of sp³-hybridized carbons (Fsp3) is 0.500. The van der Waals surface area contributed by atoms with Crippen LogP contribution >= 0.6 is 27.5 Å². The van der Waals surface area contributed by atoms with Crippen molar-refractivity contribution in [2.24, 2.45) is 0 Å². The smallest absolute Gasteiger partial charge is 0.335 e. The van der Waals surface area contributed by atoms with E-state index in [9.17, 15) is 4.79 Å². The minimum absolute atomic E-state index is 0.232. The molecule has 2 nitrogen and oxygen atoms in total. The number of cyclic esters (lactones) is 1. The Hall–Kier alpha value is -0.0200. The number of rotatable bonds is 1. The van der Waals surface area contributed by atoms with Gasteiger partial charge in [-0.3, -0.25) is 0 Å². The fourth-order valence-electron chi connectivity index (χ4n) is 0.712. The first-order valence-electron chi connectivity index (χ1n) is 2.75. The molecule has 1 aliphatic rings. The van der Waals surface area contributed by atoms with Crippen LogP contribution in [0.3, 0.4) is 0 Å². The van der Waals surface area contributed by atoms with Crippen LogP contribution < -0.4 is 0 Å². The van der Waals surface area contributed by atoms with E-state index >= 15 is 0 Å². The monoisotopic (exact) mass is 224 g/mol. The zero-order valence-electron chi connectivity index (χ0n) is 5.36. The largest absolute Gasteiger partial charge is 0.439 e. The highest BCUT2D eigenvalue weighted by Crippen LogP contribution is 2.31. The lowest BCUT2D eigenvalue weighted by molar-refractivity contribution is -0.140. The Balaban J connectivity index is 2.82. The molecule has 1 atom stereocenters. The van der Waals surface area contributed by atoms with Gasteiger partial charge in [-0.2, -0.15) is 0 Å². The van der Waals surface area contributed by atoms with Crippen LogP contribution in [0.5, 0.6) is 0 Å². The van der Waals surface area contributed by atoms with Gasteiger partial charge in [-0.05, 0) is 28.9 Å². The summed E-state index contributed by atoms with van der Waals surface area (Å²) >= 11 is 8.69. The van der Waals surface area contributed by atoms with Gasteiger partial charge in [-0.1, -0.05) is 0 Å². The van der Waals surface area contributed by atoms with E-state index in [2.05, 4.69) is 15.9 Å². The highest BCUT2D eigenvalue weighted by molar-refractivity contribution is 9.10. The van der Waals surface area contributed by atoms with Gasteiger partial charge < -0.3 is 4.74 Å². The number of carbonyl (C=O) groups is 1. The summed E-state index contributed by atoms with van der Waals surface area (Å²) < 4.78 is 4.11. The van der Waals surface area contributed by atoms with Gasteiger partial charge in [-0.15, -0.1) is 11.6 Å². The minimum atomic E-state index is -0.754. The van der Waals surface area contributed by atoms with E-state index < -0.39 is 4.51 Å². The Kier molecular flexibility index (Phi) is 2.06. The van der Waals surface area contributed by atoms with Crippen molar-refractivity contribution in [1.29, 1.82) is 0 Å². The molecule has 0 aromatic heterocycles. The van der Waals surface area contributed by atoms with E-state index in [0.717, 1.165) is 0 Å². The van der Waals surface area contributed by atoms with Gasteiger partial charge in [0.2, 0.25) is 0 Å². The van der Waals surface area contributed by atoms with Crippen LogP contribution in [0.2, 0.25) is 0 Å². The van der Waals surface area contributed by atoms with Crippen molar-refractivity contribution in [3.05, 3.63) is 11.6 Å². The Labute approximate surface area is 72.3 Å². The van der Waals surface area contributed by atoms with Crippen molar-refractivity contribution in [1.82, 2.24) is 0 Å². The Morgan fingerprint density at radius 2 is 2.50 bits per heavy atom. The molecule has 0 fully saturated rings. The average molecular weight is 225 g/mol. The molecule has 0 saturated carbocycles. The SMILES string of the molecule is CC1=CC(Br)(CCl)OC1=O. The molecule has 0 bridgehead atoms. The average Bonchev–Trinajstić information content (AvgIpc) is 2.10. The van der Waals surface area contributed by atoms with E-state index in [-0.39, 0.29) is 11.8 Å². The molecule has 1 heterocycles. The first-order chi connectivity index (χ1) is 4.57. The van der Waals surface area contributed by atoms with Crippen LogP contribution in [0.1, 0.15) is 6.92 Å². The zero-order valence-corrected chi connectivity index (χ0v) is 7.70. The number of hydrogen-bond donors (Lipinski definition) is 0. The summed E-state index contributed by atoms with van der Waals surface area (Å²) in [6.07, 6.45) is 1.67. The van der Waals surface area contributed by atoms with Gasteiger partial charge in [0.15, 0.2) is 4.51 Å². The first-order valence-corrected chi connectivity index (χ1v) is 4.08. The predicted octanol–water partition coefficient (Wildman–Crippen LogP) is 1.82. The van der Waals surface area contributed by atoms with Crippen molar-refractivity contribution in [3.8, 4) is 0 Å². The number of carbonyl (C=O) groups excluding carboxylic acids is 1. The summed E-state index contributed by atoms with van der Waals surface area (Å²) in [5, 5.41) is 0. The van der Waals surface area contributed by atoms with Crippen molar-refractivity contribution >= 4 is 33.5 Å². The number of halogens is 2. The molecule has 0 aliphatic carbocycles. The molecule has 56 valence electrons. The predicted molar refractivity (Wildman–Crippen MR) is 42.2 cm³/mol. The van der Waals surface area contributed by atoms with Gasteiger partial charge >= 0.3 is 5.97 Å². The number of alkyl halides is 2. The molecule has 10 heavy (non-hydrogen) atoms. The van der Waals surface area contributed by atoms with Crippen LogP contribution in [0, 0.1) is 0 Å². The molecule has 0 aromatic carbocycles. The lowest BCUT2D eigenvalue weighted by atomic mass is 10.3. The van der Waals surface area contributed by atoms with E-state index in [1.807, 2.05) is 0 Å². The third kappa shape index (κ3) is 1.35. The van der Waals surface area contributed by atoms with Crippen molar-refractivity contribution in [2.45, 2.75) is 11.4 Å². The third-order valence-corrected chi connectivity index (χ3v) is 2.59. The van der Waals surface area contributed by atoms with Crippen molar-refractivity contribution in [3.63, 3.8) is 0 Å². The third-order valence-electron chi connectivity index (χ3n) is 1.20. The molecular formula is C6H6BrClO2. The van der Waals surface area contributed by atoms with Crippen LogP contribution in [0.15, 0.2) is 11.6 Å². The van der Waals surface area contributed by atoms with Crippen LogP contribution in [-0.2, 0) is 9.53 Å². The summed E-state index contributed by atoms with van der Waals surface area (Å²) in [4.78, 5) is 10.8. The van der Waals surface area contributed by atoms with Gasteiger partial charge in [-0.25, -0.2) is 4.79 Å². The Morgan fingerprint density at radius 3 is 2.70 bits per heavy atom. The van der Waals surface area contributed by atoms with E-state index in [1.165, 1.54) is 0 Å². The Bertz CT molecular complexity index is 202. The van der Waals surface area contributed by atoms with Gasteiger partial charge in [0.1, 0.15) is 0 Å². The molecule has 1 aliphatic heterocycles. The van der Waals surface area contributed by atoms with E-state index in [4.69, 9.17) is 16.3 Å². The summed E-state index contributed by atoms with van der Waals surface area (Å²) in [5.74, 6) is -0.0756. The first kappa shape index (κ1) is 8.08. The highest BCUT2D eigenvalue weighted by Gasteiger charge is 2.34. The zero-order chi connectivity index (χ0) is 7.78. The van der Waals surface area contributed by atoms with Gasteiger partial charge in [0, 0.05) is 5.57 Å². The maximum Gasteiger partial charge on any atom is 0.335 e. The molecule has 0 N–H and O–H groups in total. The summed E-state index contributed by atoms with van der Waals surface area (Å²) in [6, 6.07) is 0. The number of esters is 1. The van der Waals surface area contributed by atoms with Crippen LogP contribution in [-0.4, -0.2) is 16.4 Å². The van der Waals surface area contributed by atoms with Crippen molar-refractivity contribution < 1.29 is 9.53 Å². The standard InChI is InChI=1S/C6H6BrClO2/c1-4-2-6(7,3-8)10-5(4)9/h2H,3H2,1H3. The number of hydrogen-bond acceptors (Lipinski definition) is 2. The molecular weight excluding hydrogens is 219 g/mol. The molecule has 0 aromatic rings. The molecule has 1 rings (SSSR count). The second-order valence-corrected chi connectivity index (χ2v) is 3.75. The molecule has 0 spiro atoms. The molecule has 0 radical (unpaired) electrons. The molecule has 4 heteroatoms. The maximum absolute atomic E-state index is 10.8. The second-order valence-electron chi connectivity index (χ2n) is 2.14. The number of ether oxygens (including phenoxy) is 1. The van der Waals surface area contributed by atoms with Crippen molar-refractivity contribution in [2.75, 3.05) is 5.88 Å². The van der Waals surface area contributed by atoms with Crippen LogP contribution in [0.25, 0.3) is 0 Å². The molecule has 1 unspecified atom stereocenters. The summed E-state index contributed by atoms with van der Waals surface area (Å²) in [6.45, 7) is 1.69. The quantitative estimate of drug-likeness (QED) is 0.503. The molecule has 0 saturated heterocycles. The highest BCUT2D eigenvalue weighted by atomic mass is 79.9. The van der Waals surface area contributed by atoms with Crippen LogP contribution in [0.4, 0.5) is 0 Å². The topological polar surface area (TPSA) is 26.3 Å². The summed E-state index contributed by atoms with van der Waals surface area (Å²) in [7, 11) is 0. The van der Waals surface area contributed by atoms with E-state index in [0.29, 0.717) is 5.57 Å². The maximum atomic E-state index is 10.8. The second kappa shape index (κ2) is 2.55. The lowest BCUT2D eigenvalue weighted by Gasteiger charge is -2.13. The minimum Gasteiger partial charge on any atom is -0.439 e.